The van der Waals surface area contributed by atoms with E-state index in [0.717, 1.165) is 4.90 Å². The molecule has 0 radical (unpaired) electrons. The summed E-state index contributed by atoms with van der Waals surface area (Å²) in [7, 11) is 0. The molecule has 7 nitrogen and oxygen atoms in total. The number of imide groups is 1. The third-order valence-corrected chi connectivity index (χ3v) is 3.25. The first kappa shape index (κ1) is 11.6. The second-order valence-electron chi connectivity index (χ2n) is 4.41. The Bertz CT molecular complexity index is 426. The minimum Gasteiger partial charge on any atom is -0.480 e. The van der Waals surface area contributed by atoms with E-state index in [9.17, 15) is 19.2 Å². The number of amides is 3. The molecule has 17 heavy (non-hydrogen) atoms. The van der Waals surface area contributed by atoms with E-state index in [1.54, 1.807) is 0 Å². The van der Waals surface area contributed by atoms with Crippen LogP contribution in [0.25, 0.3) is 0 Å². The minimum absolute atomic E-state index is 0.263. The first-order valence-corrected chi connectivity index (χ1v) is 5.26. The molecular weight excluding hydrogens is 228 g/mol. The van der Waals surface area contributed by atoms with Crippen molar-refractivity contribution < 1.29 is 24.3 Å². The number of carboxylic acid groups (broad SMARTS) is 1. The van der Waals surface area contributed by atoms with Crippen LogP contribution in [-0.4, -0.2) is 46.3 Å². The smallest absolute Gasteiger partial charge is 0.319 e. The van der Waals surface area contributed by atoms with Gasteiger partial charge in [-0.3, -0.25) is 24.5 Å². The maximum atomic E-state index is 12.0. The second-order valence-corrected chi connectivity index (χ2v) is 4.41. The van der Waals surface area contributed by atoms with Crippen LogP contribution in [0, 0.1) is 5.41 Å². The van der Waals surface area contributed by atoms with Crippen molar-refractivity contribution in [1.29, 1.82) is 0 Å². The number of nitrogens with one attached hydrogen (secondary N) is 1. The average Bonchev–Trinajstić information content (AvgIpc) is 3.03. The van der Waals surface area contributed by atoms with E-state index in [-0.39, 0.29) is 19.4 Å². The quantitative estimate of drug-likeness (QED) is 0.462. The van der Waals surface area contributed by atoms with Crippen LogP contribution in [0.5, 0.6) is 0 Å². The maximum absolute atomic E-state index is 12.0. The van der Waals surface area contributed by atoms with Gasteiger partial charge in [0, 0.05) is 0 Å². The van der Waals surface area contributed by atoms with Crippen molar-refractivity contribution in [2.45, 2.75) is 25.8 Å². The lowest BCUT2D eigenvalue weighted by Crippen LogP contribution is -2.60. The molecule has 3 amide bonds. The van der Waals surface area contributed by atoms with Crippen molar-refractivity contribution in [3.05, 3.63) is 0 Å². The number of piperazine rings is 1. The van der Waals surface area contributed by atoms with E-state index in [2.05, 4.69) is 5.32 Å². The first-order chi connectivity index (χ1) is 7.88. The summed E-state index contributed by atoms with van der Waals surface area (Å²) in [6, 6.07) is -0.808. The Kier molecular flexibility index (Phi) is 2.41. The van der Waals surface area contributed by atoms with Crippen molar-refractivity contribution in [2.75, 3.05) is 6.54 Å². The monoisotopic (exact) mass is 240 g/mol. The van der Waals surface area contributed by atoms with Crippen LogP contribution in [0.1, 0.15) is 19.8 Å². The number of hydrogen-bond acceptors (Lipinski definition) is 4. The molecule has 7 heteroatoms. The van der Waals surface area contributed by atoms with Gasteiger partial charge in [0.25, 0.3) is 0 Å². The molecule has 1 saturated carbocycles. The molecule has 0 spiro atoms. The summed E-state index contributed by atoms with van der Waals surface area (Å²) in [6.07, 6.45) is 0.528. The highest BCUT2D eigenvalue weighted by molar-refractivity contribution is 6.10. The zero-order chi connectivity index (χ0) is 12.8. The minimum atomic E-state index is -1.41. The van der Waals surface area contributed by atoms with Gasteiger partial charge in [-0.1, -0.05) is 0 Å². The topological polar surface area (TPSA) is 104 Å². The number of rotatable bonds is 2. The molecule has 0 aromatic rings. The van der Waals surface area contributed by atoms with Gasteiger partial charge < -0.3 is 10.0 Å². The Balaban J connectivity index is 2.22. The van der Waals surface area contributed by atoms with Gasteiger partial charge in [-0.05, 0) is 19.8 Å². The number of hydrogen-bond donors (Lipinski definition) is 2. The molecule has 2 N–H and O–H groups in total. The molecule has 1 atom stereocenters. The Labute approximate surface area is 96.8 Å². The third kappa shape index (κ3) is 1.67. The van der Waals surface area contributed by atoms with Crippen LogP contribution >= 0.6 is 0 Å². The lowest BCUT2D eigenvalue weighted by molar-refractivity contribution is -0.160. The van der Waals surface area contributed by atoms with Gasteiger partial charge in [0.15, 0.2) is 0 Å². The number of carbonyl (C=O) groups is 4. The molecule has 0 aromatic heterocycles. The van der Waals surface area contributed by atoms with E-state index in [1.165, 1.54) is 6.92 Å². The first-order valence-electron chi connectivity index (χ1n) is 5.26. The molecule has 1 aliphatic heterocycles. The molecule has 0 bridgehead atoms. The standard InChI is InChI=1S/C10H12N2O5/c1-5-7(14)11-6(13)4-12(5)8(15)10(2-3-10)9(16)17/h5H,2-4H2,1H3,(H,16,17)(H,11,13,14). The van der Waals surface area contributed by atoms with Crippen molar-refractivity contribution in [2.24, 2.45) is 5.41 Å². The van der Waals surface area contributed by atoms with Gasteiger partial charge in [-0.25, -0.2) is 0 Å². The van der Waals surface area contributed by atoms with E-state index in [0.29, 0.717) is 0 Å². The van der Waals surface area contributed by atoms with Gasteiger partial charge in [-0.15, -0.1) is 0 Å². The Morgan fingerprint density at radius 1 is 1.41 bits per heavy atom. The van der Waals surface area contributed by atoms with Gasteiger partial charge in [0.1, 0.15) is 18.0 Å². The zero-order valence-electron chi connectivity index (χ0n) is 9.23. The van der Waals surface area contributed by atoms with Gasteiger partial charge in [-0.2, -0.15) is 0 Å². The summed E-state index contributed by atoms with van der Waals surface area (Å²) < 4.78 is 0. The van der Waals surface area contributed by atoms with Crippen LogP contribution in [0.4, 0.5) is 0 Å². The van der Waals surface area contributed by atoms with Crippen LogP contribution in [0.15, 0.2) is 0 Å². The van der Waals surface area contributed by atoms with Crippen molar-refractivity contribution in [1.82, 2.24) is 10.2 Å². The van der Waals surface area contributed by atoms with E-state index >= 15 is 0 Å². The molecular formula is C10H12N2O5. The molecule has 1 unspecified atom stereocenters. The van der Waals surface area contributed by atoms with Crippen LogP contribution in [0.2, 0.25) is 0 Å². The normalized spacial score (nSPS) is 26.4. The molecule has 0 aromatic carbocycles. The molecule has 1 saturated heterocycles. The number of aliphatic carboxylic acids is 1. The summed E-state index contributed by atoms with van der Waals surface area (Å²) in [5, 5.41) is 11.1. The molecule has 2 aliphatic rings. The van der Waals surface area contributed by atoms with Gasteiger partial charge in [0.2, 0.25) is 17.7 Å². The van der Waals surface area contributed by atoms with Gasteiger partial charge in [0.05, 0.1) is 0 Å². The molecule has 1 heterocycles. The Hall–Kier alpha value is -1.92. The number of carboxylic acids is 1. The summed E-state index contributed by atoms with van der Waals surface area (Å²) in [5.74, 6) is -2.98. The predicted octanol–water partition coefficient (Wildman–Crippen LogP) is -1.28. The number of carbonyl (C=O) groups excluding carboxylic acids is 3. The van der Waals surface area contributed by atoms with Crippen LogP contribution in [0.3, 0.4) is 0 Å². The lowest BCUT2D eigenvalue weighted by Gasteiger charge is -2.33. The SMILES string of the molecule is CC1C(=O)NC(=O)CN1C(=O)C1(C(=O)O)CC1. The Morgan fingerprint density at radius 2 is 2.00 bits per heavy atom. The fourth-order valence-electron chi connectivity index (χ4n) is 1.88. The predicted molar refractivity (Wildman–Crippen MR) is 53.6 cm³/mol. The molecule has 2 rings (SSSR count). The highest BCUT2D eigenvalue weighted by Crippen LogP contribution is 2.47. The fraction of sp³-hybridized carbons (Fsp3) is 0.600. The van der Waals surface area contributed by atoms with Gasteiger partial charge >= 0.3 is 5.97 Å². The number of nitrogens with zero attached hydrogens (tertiary/aromatic N) is 1. The third-order valence-electron chi connectivity index (χ3n) is 3.25. The summed E-state index contributed by atoms with van der Waals surface area (Å²) in [4.78, 5) is 46.6. The second kappa shape index (κ2) is 3.54. The fourth-order valence-corrected chi connectivity index (χ4v) is 1.88. The maximum Gasteiger partial charge on any atom is 0.319 e. The summed E-state index contributed by atoms with van der Waals surface area (Å²) >= 11 is 0. The van der Waals surface area contributed by atoms with Crippen molar-refractivity contribution in [3.63, 3.8) is 0 Å². The highest BCUT2D eigenvalue weighted by Gasteiger charge is 2.59. The Morgan fingerprint density at radius 3 is 2.47 bits per heavy atom. The van der Waals surface area contributed by atoms with Crippen molar-refractivity contribution >= 4 is 23.7 Å². The largest absolute Gasteiger partial charge is 0.480 e. The molecule has 1 aliphatic carbocycles. The summed E-state index contributed by atoms with van der Waals surface area (Å²) in [6.45, 7) is 1.21. The summed E-state index contributed by atoms with van der Waals surface area (Å²) in [5.41, 5.74) is -1.41. The lowest BCUT2D eigenvalue weighted by atomic mass is 10.0. The van der Waals surface area contributed by atoms with Crippen molar-refractivity contribution in [3.8, 4) is 0 Å². The molecule has 92 valence electrons. The zero-order valence-corrected chi connectivity index (χ0v) is 9.23. The average molecular weight is 240 g/mol. The van der Waals surface area contributed by atoms with Crippen LogP contribution in [-0.2, 0) is 19.2 Å². The van der Waals surface area contributed by atoms with E-state index < -0.39 is 35.1 Å². The molecule has 2 fully saturated rings. The van der Waals surface area contributed by atoms with Crippen LogP contribution < -0.4 is 5.32 Å². The van der Waals surface area contributed by atoms with E-state index in [4.69, 9.17) is 5.11 Å². The highest BCUT2D eigenvalue weighted by atomic mass is 16.4. The van der Waals surface area contributed by atoms with E-state index in [1.807, 2.05) is 0 Å².